The Balaban J connectivity index is 1.47. The van der Waals surface area contributed by atoms with Crippen LogP contribution in [0.1, 0.15) is 29.9 Å². The van der Waals surface area contributed by atoms with E-state index in [1.54, 1.807) is 62.4 Å². The SMILES string of the molecule is CC(C)(Sc1nc(CCOc2ccc(NC(=O)c3ccc(Cl)cc3)cc2)cs1)C(=O)O. The van der Waals surface area contributed by atoms with Crippen LogP contribution >= 0.6 is 34.7 Å². The highest BCUT2D eigenvalue weighted by atomic mass is 35.5. The average molecular weight is 477 g/mol. The third kappa shape index (κ3) is 6.72. The number of benzene rings is 2. The van der Waals surface area contributed by atoms with Crippen molar-refractivity contribution in [3.8, 4) is 5.75 Å². The lowest BCUT2D eigenvalue weighted by atomic mass is 10.2. The molecule has 0 saturated heterocycles. The zero-order valence-corrected chi connectivity index (χ0v) is 19.3. The number of hydrogen-bond acceptors (Lipinski definition) is 6. The van der Waals surface area contributed by atoms with E-state index in [4.69, 9.17) is 16.3 Å². The van der Waals surface area contributed by atoms with Gasteiger partial charge in [0.15, 0.2) is 4.34 Å². The van der Waals surface area contributed by atoms with E-state index < -0.39 is 10.7 Å². The van der Waals surface area contributed by atoms with Crippen molar-refractivity contribution >= 4 is 52.3 Å². The van der Waals surface area contributed by atoms with Crippen LogP contribution < -0.4 is 10.1 Å². The van der Waals surface area contributed by atoms with Crippen LogP contribution in [0, 0.1) is 0 Å². The summed E-state index contributed by atoms with van der Waals surface area (Å²) in [4.78, 5) is 27.9. The van der Waals surface area contributed by atoms with E-state index in [0.717, 1.165) is 10.0 Å². The van der Waals surface area contributed by atoms with Gasteiger partial charge >= 0.3 is 5.97 Å². The van der Waals surface area contributed by atoms with Crippen molar-refractivity contribution in [3.63, 3.8) is 0 Å². The number of ether oxygens (including phenoxy) is 1. The maximum absolute atomic E-state index is 12.2. The number of hydrogen-bond donors (Lipinski definition) is 2. The van der Waals surface area contributed by atoms with Gasteiger partial charge in [-0.15, -0.1) is 11.3 Å². The molecule has 2 aromatic carbocycles. The summed E-state index contributed by atoms with van der Waals surface area (Å²) in [5.41, 5.74) is 2.05. The van der Waals surface area contributed by atoms with Crippen LogP contribution in [-0.2, 0) is 11.2 Å². The van der Waals surface area contributed by atoms with Crippen LogP contribution in [0.15, 0.2) is 58.3 Å². The molecule has 162 valence electrons. The molecule has 1 heterocycles. The molecule has 6 nitrogen and oxygen atoms in total. The number of nitrogens with zero attached hydrogens (tertiary/aromatic N) is 1. The largest absolute Gasteiger partial charge is 0.493 e. The van der Waals surface area contributed by atoms with E-state index in [1.165, 1.54) is 23.1 Å². The molecule has 0 bridgehead atoms. The number of carbonyl (C=O) groups excluding carboxylic acids is 1. The minimum absolute atomic E-state index is 0.214. The molecule has 0 spiro atoms. The van der Waals surface area contributed by atoms with Gasteiger partial charge in [-0.2, -0.15) is 0 Å². The van der Waals surface area contributed by atoms with Crippen LogP contribution in [0.5, 0.6) is 5.75 Å². The normalized spacial score (nSPS) is 11.2. The smallest absolute Gasteiger partial charge is 0.319 e. The summed E-state index contributed by atoms with van der Waals surface area (Å²) in [6.45, 7) is 3.75. The second kappa shape index (κ2) is 10.2. The van der Waals surface area contributed by atoms with E-state index >= 15 is 0 Å². The summed E-state index contributed by atoms with van der Waals surface area (Å²) in [7, 11) is 0. The Kier molecular flexibility index (Phi) is 7.59. The molecule has 0 aliphatic heterocycles. The van der Waals surface area contributed by atoms with Crippen molar-refractivity contribution in [2.75, 3.05) is 11.9 Å². The van der Waals surface area contributed by atoms with Gasteiger partial charge in [-0.1, -0.05) is 23.4 Å². The number of nitrogens with one attached hydrogen (secondary N) is 1. The highest BCUT2D eigenvalue weighted by molar-refractivity contribution is 8.03. The molecule has 1 amide bonds. The maximum Gasteiger partial charge on any atom is 0.319 e. The molecule has 3 rings (SSSR count). The molecule has 0 aliphatic rings. The Bertz CT molecular complexity index is 1050. The number of carboxylic acid groups (broad SMARTS) is 1. The summed E-state index contributed by atoms with van der Waals surface area (Å²) in [6.07, 6.45) is 0.611. The lowest BCUT2D eigenvalue weighted by Gasteiger charge is -2.15. The number of aliphatic carboxylic acids is 1. The minimum atomic E-state index is -0.920. The molecule has 31 heavy (non-hydrogen) atoms. The zero-order valence-electron chi connectivity index (χ0n) is 16.9. The quantitative estimate of drug-likeness (QED) is 0.389. The predicted octanol–water partition coefficient (Wildman–Crippen LogP) is 5.63. The van der Waals surface area contributed by atoms with Gasteiger partial charge in [0.25, 0.3) is 5.91 Å². The number of anilines is 1. The summed E-state index contributed by atoms with van der Waals surface area (Å²) in [5, 5.41) is 14.5. The van der Waals surface area contributed by atoms with Crippen molar-refractivity contribution < 1.29 is 19.4 Å². The van der Waals surface area contributed by atoms with Gasteiger partial charge in [0.1, 0.15) is 10.5 Å². The second-order valence-corrected chi connectivity index (χ2v) is 10.3. The molecular weight excluding hydrogens is 456 g/mol. The van der Waals surface area contributed by atoms with Gasteiger partial charge in [-0.05, 0) is 62.4 Å². The van der Waals surface area contributed by atoms with Gasteiger partial charge in [0, 0.05) is 28.1 Å². The Hall–Kier alpha value is -2.55. The highest BCUT2D eigenvalue weighted by Crippen LogP contribution is 2.34. The lowest BCUT2D eigenvalue weighted by molar-refractivity contribution is -0.138. The molecule has 0 saturated carbocycles. The second-order valence-electron chi connectivity index (χ2n) is 7.11. The summed E-state index contributed by atoms with van der Waals surface area (Å²) in [6, 6.07) is 13.8. The first-order valence-corrected chi connectivity index (χ1v) is 11.5. The first-order chi connectivity index (χ1) is 14.7. The number of thioether (sulfide) groups is 1. The third-order valence-electron chi connectivity index (χ3n) is 4.23. The molecule has 1 aromatic heterocycles. The van der Waals surface area contributed by atoms with Crippen molar-refractivity contribution in [1.82, 2.24) is 4.98 Å². The first kappa shape index (κ1) is 23.1. The Morgan fingerprint density at radius 3 is 2.48 bits per heavy atom. The van der Waals surface area contributed by atoms with Gasteiger partial charge in [0.05, 0.1) is 12.3 Å². The van der Waals surface area contributed by atoms with Crippen LogP contribution in [-0.4, -0.2) is 33.3 Å². The van der Waals surface area contributed by atoms with E-state index in [9.17, 15) is 14.7 Å². The van der Waals surface area contributed by atoms with Gasteiger partial charge in [0.2, 0.25) is 0 Å². The molecule has 0 fully saturated rings. The Morgan fingerprint density at radius 1 is 1.16 bits per heavy atom. The minimum Gasteiger partial charge on any atom is -0.493 e. The fourth-order valence-electron chi connectivity index (χ4n) is 2.42. The fourth-order valence-corrected chi connectivity index (χ4v) is 4.78. The standard InChI is InChI=1S/C22H21ClN2O4S2/c1-22(2,20(27)28)31-21-25-17(13-30-21)11-12-29-18-9-7-16(8-10-18)24-19(26)14-3-5-15(23)6-4-14/h3-10,13H,11-12H2,1-2H3,(H,24,26)(H,27,28). The molecule has 9 heteroatoms. The lowest BCUT2D eigenvalue weighted by Crippen LogP contribution is -2.26. The van der Waals surface area contributed by atoms with E-state index in [0.29, 0.717) is 35.1 Å². The van der Waals surface area contributed by atoms with Crippen LogP contribution in [0.2, 0.25) is 5.02 Å². The highest BCUT2D eigenvalue weighted by Gasteiger charge is 2.29. The number of thiazole rings is 1. The molecule has 0 radical (unpaired) electrons. The Morgan fingerprint density at radius 2 is 1.84 bits per heavy atom. The van der Waals surface area contributed by atoms with Crippen molar-refractivity contribution in [3.05, 3.63) is 70.2 Å². The van der Waals surface area contributed by atoms with E-state index in [2.05, 4.69) is 10.3 Å². The maximum atomic E-state index is 12.2. The first-order valence-electron chi connectivity index (χ1n) is 9.39. The number of rotatable bonds is 9. The summed E-state index contributed by atoms with van der Waals surface area (Å²) >= 11 is 8.51. The monoisotopic (exact) mass is 476 g/mol. The van der Waals surface area contributed by atoms with Crippen molar-refractivity contribution in [2.24, 2.45) is 0 Å². The number of carbonyl (C=O) groups is 2. The molecule has 0 atom stereocenters. The molecule has 0 unspecified atom stereocenters. The van der Waals surface area contributed by atoms with Crippen LogP contribution in [0.25, 0.3) is 0 Å². The van der Waals surface area contributed by atoms with Crippen LogP contribution in [0.3, 0.4) is 0 Å². The third-order valence-corrected chi connectivity index (χ3v) is 6.66. The van der Waals surface area contributed by atoms with Crippen molar-refractivity contribution in [2.45, 2.75) is 29.4 Å². The van der Waals surface area contributed by atoms with Gasteiger partial charge in [-0.3, -0.25) is 9.59 Å². The van der Waals surface area contributed by atoms with E-state index in [1.807, 2.05) is 5.38 Å². The molecule has 0 aliphatic carbocycles. The van der Waals surface area contributed by atoms with Gasteiger partial charge in [-0.25, -0.2) is 4.98 Å². The van der Waals surface area contributed by atoms with Crippen LogP contribution in [0.4, 0.5) is 5.69 Å². The average Bonchev–Trinajstić information content (AvgIpc) is 3.16. The number of amides is 1. The molecule has 2 N–H and O–H groups in total. The van der Waals surface area contributed by atoms with E-state index in [-0.39, 0.29) is 5.91 Å². The number of aromatic nitrogens is 1. The number of halogens is 1. The number of carboxylic acids is 1. The van der Waals surface area contributed by atoms with Crippen molar-refractivity contribution in [1.29, 1.82) is 0 Å². The predicted molar refractivity (Wildman–Crippen MR) is 125 cm³/mol. The zero-order chi connectivity index (χ0) is 22.4. The van der Waals surface area contributed by atoms with Gasteiger partial charge < -0.3 is 15.2 Å². The molecule has 3 aromatic rings. The summed E-state index contributed by atoms with van der Waals surface area (Å²) < 4.78 is 5.56. The molecular formula is C22H21ClN2O4S2. The Labute approximate surface area is 193 Å². The summed E-state index contributed by atoms with van der Waals surface area (Å²) in [5.74, 6) is -0.402. The fraction of sp³-hybridized carbons (Fsp3) is 0.227. The topological polar surface area (TPSA) is 88.5 Å².